The number of hydrazine groups is 1. The van der Waals surface area contributed by atoms with Gasteiger partial charge in [-0.3, -0.25) is 4.79 Å². The van der Waals surface area contributed by atoms with Gasteiger partial charge in [-0.2, -0.15) is 13.2 Å². The van der Waals surface area contributed by atoms with Crippen LogP contribution in [0.4, 0.5) is 13.2 Å². The fourth-order valence-electron chi connectivity index (χ4n) is 2.34. The third-order valence-corrected chi connectivity index (χ3v) is 3.48. The van der Waals surface area contributed by atoms with E-state index in [1.54, 1.807) is 24.3 Å². The number of rotatable bonds is 3. The van der Waals surface area contributed by atoms with Crippen LogP contribution in [-0.4, -0.2) is 24.0 Å². The van der Waals surface area contributed by atoms with Crippen molar-refractivity contribution in [3.8, 4) is 0 Å². The number of aryl methyl sites for hydroxylation is 1. The summed E-state index contributed by atoms with van der Waals surface area (Å²) >= 11 is 0. The molecule has 6 nitrogen and oxygen atoms in total. The van der Waals surface area contributed by atoms with E-state index in [2.05, 4.69) is 5.10 Å². The summed E-state index contributed by atoms with van der Waals surface area (Å²) in [4.78, 5) is 12.1. The Kier molecular flexibility index (Phi) is 4.60. The van der Waals surface area contributed by atoms with Crippen LogP contribution in [0.1, 0.15) is 17.5 Å². The quantitative estimate of drug-likeness (QED) is 0.287. The minimum atomic E-state index is -4.56. The Bertz CT molecular complexity index is 664. The molecular weight excluding hydrogens is 311 g/mol. The van der Waals surface area contributed by atoms with Gasteiger partial charge < -0.3 is 11.1 Å². The standard InChI is InChI=1S/C14H16F3N5O/c1-7-2-4-8(5-3-7)9-6-10(14(15,16)17)20-13(23)11(9)12(18)21-22-19/h2-5,10,22H,6,19H2,1H3,(H2,18,21)(H,20,23). The summed E-state index contributed by atoms with van der Waals surface area (Å²) in [5.74, 6) is 3.81. The number of benzene rings is 1. The average molecular weight is 327 g/mol. The van der Waals surface area contributed by atoms with Gasteiger partial charge in [-0.05, 0) is 18.1 Å². The number of hydrogen-bond acceptors (Lipinski definition) is 4. The number of alkyl halides is 3. The average Bonchev–Trinajstić information content (AvgIpc) is 2.46. The van der Waals surface area contributed by atoms with Gasteiger partial charge in [-0.1, -0.05) is 29.8 Å². The molecule has 0 fully saturated rings. The van der Waals surface area contributed by atoms with Gasteiger partial charge in [0.25, 0.3) is 5.91 Å². The van der Waals surface area contributed by atoms with E-state index in [1.807, 2.05) is 17.8 Å². The molecule has 2 rings (SSSR count). The van der Waals surface area contributed by atoms with Crippen molar-refractivity contribution < 1.29 is 18.0 Å². The van der Waals surface area contributed by atoms with Crippen molar-refractivity contribution in [2.45, 2.75) is 25.6 Å². The molecule has 1 aliphatic rings. The van der Waals surface area contributed by atoms with Crippen molar-refractivity contribution in [3.05, 3.63) is 41.0 Å². The molecule has 9 heteroatoms. The molecule has 1 aromatic carbocycles. The molecule has 1 amide bonds. The second-order valence-electron chi connectivity index (χ2n) is 5.12. The first-order valence-corrected chi connectivity index (χ1v) is 6.71. The fraction of sp³-hybridized carbons (Fsp3) is 0.286. The summed E-state index contributed by atoms with van der Waals surface area (Å²) in [6.07, 6.45) is -5.00. The Morgan fingerprint density at radius 1 is 1.35 bits per heavy atom. The molecular formula is C14H16F3N5O. The molecule has 6 N–H and O–H groups in total. The molecule has 23 heavy (non-hydrogen) atoms. The van der Waals surface area contributed by atoms with Crippen LogP contribution in [-0.2, 0) is 4.79 Å². The Hall–Kier alpha value is -2.55. The van der Waals surface area contributed by atoms with E-state index in [0.717, 1.165) is 5.56 Å². The van der Waals surface area contributed by atoms with E-state index >= 15 is 0 Å². The van der Waals surface area contributed by atoms with Gasteiger partial charge in [0.1, 0.15) is 6.04 Å². The van der Waals surface area contributed by atoms with Crippen molar-refractivity contribution in [1.82, 2.24) is 10.9 Å². The summed E-state index contributed by atoms with van der Waals surface area (Å²) in [5, 5.41) is 5.41. The maximum atomic E-state index is 13.0. The van der Waals surface area contributed by atoms with Crippen LogP contribution < -0.4 is 22.4 Å². The van der Waals surface area contributed by atoms with Gasteiger partial charge in [-0.15, -0.1) is 5.10 Å². The third-order valence-electron chi connectivity index (χ3n) is 3.48. The number of carbonyl (C=O) groups excluding carboxylic acids is 1. The summed E-state index contributed by atoms with van der Waals surface area (Å²) in [6, 6.07) is 4.78. The normalized spacial score (nSPS) is 19.6. The first kappa shape index (κ1) is 16.8. The summed E-state index contributed by atoms with van der Waals surface area (Å²) in [5.41, 5.74) is 9.07. The lowest BCUT2D eigenvalue weighted by atomic mass is 9.88. The number of amidine groups is 1. The lowest BCUT2D eigenvalue weighted by Gasteiger charge is -2.29. The van der Waals surface area contributed by atoms with E-state index in [1.165, 1.54) is 0 Å². The van der Waals surface area contributed by atoms with Gasteiger partial charge in [0.2, 0.25) is 0 Å². The predicted octanol–water partition coefficient (Wildman–Crippen LogP) is 0.935. The number of halogens is 3. The Morgan fingerprint density at radius 2 is 1.96 bits per heavy atom. The zero-order valence-electron chi connectivity index (χ0n) is 12.2. The first-order chi connectivity index (χ1) is 10.7. The highest BCUT2D eigenvalue weighted by atomic mass is 19.4. The number of carbonyl (C=O) groups is 1. The van der Waals surface area contributed by atoms with Crippen molar-refractivity contribution in [1.29, 1.82) is 0 Å². The van der Waals surface area contributed by atoms with Crippen LogP contribution in [0, 0.1) is 6.92 Å². The topological polar surface area (TPSA) is 106 Å². The molecule has 1 atom stereocenters. The van der Waals surface area contributed by atoms with Crippen LogP contribution >= 0.6 is 0 Å². The Balaban J connectivity index is 2.58. The lowest BCUT2D eigenvalue weighted by Crippen LogP contribution is -2.50. The predicted molar refractivity (Wildman–Crippen MR) is 79.6 cm³/mol. The number of nitrogens with zero attached hydrogens (tertiary/aromatic N) is 1. The molecule has 0 aromatic heterocycles. The third kappa shape index (κ3) is 3.62. The molecule has 124 valence electrons. The molecule has 1 aromatic rings. The first-order valence-electron chi connectivity index (χ1n) is 6.71. The molecule has 1 heterocycles. The lowest BCUT2D eigenvalue weighted by molar-refractivity contribution is -0.160. The second-order valence-corrected chi connectivity index (χ2v) is 5.12. The number of hydrazone groups is 1. The largest absolute Gasteiger partial charge is 0.408 e. The van der Waals surface area contributed by atoms with E-state index in [4.69, 9.17) is 11.6 Å². The minimum Gasteiger partial charge on any atom is -0.382 e. The van der Waals surface area contributed by atoms with E-state index in [0.29, 0.717) is 5.56 Å². The highest BCUT2D eigenvalue weighted by molar-refractivity contribution is 6.26. The number of nitrogens with one attached hydrogen (secondary N) is 2. The van der Waals surface area contributed by atoms with Gasteiger partial charge in [-0.25, -0.2) is 11.4 Å². The maximum absolute atomic E-state index is 13.0. The van der Waals surface area contributed by atoms with E-state index in [9.17, 15) is 18.0 Å². The van der Waals surface area contributed by atoms with Crippen LogP contribution in [0.5, 0.6) is 0 Å². The Labute approximate surface area is 130 Å². The minimum absolute atomic E-state index is 0.118. The molecule has 1 unspecified atom stereocenters. The highest BCUT2D eigenvalue weighted by Gasteiger charge is 2.45. The Morgan fingerprint density at radius 3 is 2.48 bits per heavy atom. The molecule has 0 radical (unpaired) electrons. The zero-order valence-corrected chi connectivity index (χ0v) is 12.2. The summed E-state index contributed by atoms with van der Waals surface area (Å²) in [7, 11) is 0. The van der Waals surface area contributed by atoms with Crippen molar-refractivity contribution in [3.63, 3.8) is 0 Å². The van der Waals surface area contributed by atoms with Gasteiger partial charge in [0.15, 0.2) is 5.84 Å². The van der Waals surface area contributed by atoms with Crippen LogP contribution in [0.25, 0.3) is 5.57 Å². The van der Waals surface area contributed by atoms with Gasteiger partial charge in [0, 0.05) is 6.42 Å². The molecule has 1 aliphatic heterocycles. The zero-order chi connectivity index (χ0) is 17.2. The number of nitrogens with two attached hydrogens (primary N) is 2. The monoisotopic (exact) mass is 327 g/mol. The van der Waals surface area contributed by atoms with Crippen molar-refractivity contribution >= 4 is 17.3 Å². The van der Waals surface area contributed by atoms with Crippen LogP contribution in [0.2, 0.25) is 0 Å². The molecule has 0 spiro atoms. The van der Waals surface area contributed by atoms with Crippen LogP contribution in [0.3, 0.4) is 0 Å². The smallest absolute Gasteiger partial charge is 0.382 e. The molecule has 0 bridgehead atoms. The summed E-state index contributed by atoms with van der Waals surface area (Å²) in [6.45, 7) is 1.85. The highest BCUT2D eigenvalue weighted by Crippen LogP contribution is 2.34. The molecule has 0 saturated heterocycles. The van der Waals surface area contributed by atoms with Crippen molar-refractivity contribution in [2.24, 2.45) is 16.7 Å². The van der Waals surface area contributed by atoms with Crippen LogP contribution in [0.15, 0.2) is 34.9 Å². The van der Waals surface area contributed by atoms with Crippen molar-refractivity contribution in [2.75, 3.05) is 0 Å². The number of amides is 1. The van der Waals surface area contributed by atoms with Gasteiger partial charge in [0.05, 0.1) is 5.57 Å². The number of hydrogen-bond donors (Lipinski definition) is 4. The second kappa shape index (κ2) is 6.29. The molecule has 0 aliphatic carbocycles. The molecule has 0 saturated carbocycles. The SMILES string of the molecule is Cc1ccc(C2=C(/C(N)=N/NN)C(=O)NC(C(F)(F)F)C2)cc1. The fourth-order valence-corrected chi connectivity index (χ4v) is 2.34. The maximum Gasteiger partial charge on any atom is 0.408 e. The van der Waals surface area contributed by atoms with Gasteiger partial charge >= 0.3 is 6.18 Å². The van der Waals surface area contributed by atoms with E-state index in [-0.39, 0.29) is 17.0 Å². The summed E-state index contributed by atoms with van der Waals surface area (Å²) < 4.78 is 39.0. The van der Waals surface area contributed by atoms with E-state index < -0.39 is 24.5 Å².